The van der Waals surface area contributed by atoms with Crippen LogP contribution in [0.25, 0.3) is 6.08 Å². The zero-order valence-electron chi connectivity index (χ0n) is 15.1. The predicted molar refractivity (Wildman–Crippen MR) is 94.0 cm³/mol. The fourth-order valence-corrected chi connectivity index (χ4v) is 2.65. The maximum atomic E-state index is 12.7. The van der Waals surface area contributed by atoms with E-state index in [4.69, 9.17) is 4.74 Å². The fraction of sp³-hybridized carbons (Fsp3) is 0.550. The van der Waals surface area contributed by atoms with Gasteiger partial charge in [0.2, 0.25) is 0 Å². The monoisotopic (exact) mass is 356 g/mol. The van der Waals surface area contributed by atoms with Gasteiger partial charge in [-0.1, -0.05) is 45.7 Å². The van der Waals surface area contributed by atoms with Crippen molar-refractivity contribution in [1.29, 1.82) is 0 Å². The van der Waals surface area contributed by atoms with Crippen molar-refractivity contribution in [3.05, 3.63) is 41.5 Å². The van der Waals surface area contributed by atoms with Crippen molar-refractivity contribution >= 4 is 12.0 Å². The second-order valence-electron chi connectivity index (χ2n) is 6.18. The molecule has 0 amide bonds. The van der Waals surface area contributed by atoms with Crippen LogP contribution in [0.15, 0.2) is 30.3 Å². The summed E-state index contributed by atoms with van der Waals surface area (Å²) in [5.41, 5.74) is -0.420. The molecule has 1 aromatic rings. The van der Waals surface area contributed by atoms with Gasteiger partial charge in [-0.3, -0.25) is 0 Å². The van der Waals surface area contributed by atoms with E-state index >= 15 is 0 Å². The molecule has 0 aliphatic rings. The Morgan fingerprint density at radius 1 is 1.12 bits per heavy atom. The first-order chi connectivity index (χ1) is 11.8. The first-order valence-corrected chi connectivity index (χ1v) is 8.86. The van der Waals surface area contributed by atoms with E-state index in [1.807, 2.05) is 6.92 Å². The van der Waals surface area contributed by atoms with Gasteiger partial charge in [-0.15, -0.1) is 0 Å². The molecular weight excluding hydrogens is 329 g/mol. The molecule has 0 heterocycles. The highest BCUT2D eigenvalue weighted by atomic mass is 19.4. The highest BCUT2D eigenvalue weighted by Gasteiger charge is 2.30. The Bertz CT molecular complexity index is 560. The summed E-state index contributed by atoms with van der Waals surface area (Å²) in [5, 5.41) is 0. The summed E-state index contributed by atoms with van der Waals surface area (Å²) in [6.07, 6.45) is 2.75. The second-order valence-corrected chi connectivity index (χ2v) is 6.18. The van der Waals surface area contributed by atoms with Crippen molar-refractivity contribution in [2.24, 2.45) is 5.92 Å². The molecule has 140 valence electrons. The predicted octanol–water partition coefficient (Wildman–Crippen LogP) is 6.26. The van der Waals surface area contributed by atoms with Gasteiger partial charge in [-0.25, -0.2) is 4.79 Å². The zero-order valence-corrected chi connectivity index (χ0v) is 15.1. The number of hydrogen-bond donors (Lipinski definition) is 0. The molecule has 0 fully saturated rings. The van der Waals surface area contributed by atoms with E-state index in [1.54, 1.807) is 0 Å². The number of halogens is 3. The molecule has 0 aromatic heterocycles. The van der Waals surface area contributed by atoms with Crippen molar-refractivity contribution in [3.63, 3.8) is 0 Å². The number of carbonyl (C=O) groups excluding carboxylic acids is 1. The summed E-state index contributed by atoms with van der Waals surface area (Å²) in [7, 11) is 0. The minimum absolute atomic E-state index is 0.153. The van der Waals surface area contributed by atoms with Gasteiger partial charge in [0.15, 0.2) is 0 Å². The molecule has 25 heavy (non-hydrogen) atoms. The number of ether oxygens (including phenoxy) is 1. The average molecular weight is 356 g/mol. The van der Waals surface area contributed by atoms with Crippen molar-refractivity contribution in [2.75, 3.05) is 0 Å². The molecule has 1 unspecified atom stereocenters. The maximum Gasteiger partial charge on any atom is 0.416 e. The van der Waals surface area contributed by atoms with Crippen LogP contribution in [-0.4, -0.2) is 12.1 Å². The summed E-state index contributed by atoms with van der Waals surface area (Å²) >= 11 is 0. The number of benzene rings is 1. The average Bonchev–Trinajstić information content (AvgIpc) is 2.59. The van der Waals surface area contributed by atoms with E-state index in [9.17, 15) is 18.0 Å². The summed E-state index contributed by atoms with van der Waals surface area (Å²) in [6, 6.07) is 4.84. The van der Waals surface area contributed by atoms with Crippen molar-refractivity contribution in [1.82, 2.24) is 0 Å². The highest BCUT2D eigenvalue weighted by Crippen LogP contribution is 2.29. The summed E-state index contributed by atoms with van der Waals surface area (Å²) in [4.78, 5) is 11.9. The van der Waals surface area contributed by atoms with Gasteiger partial charge in [-0.05, 0) is 49.0 Å². The Labute approximate surface area is 148 Å². The van der Waals surface area contributed by atoms with Crippen LogP contribution < -0.4 is 0 Å². The molecule has 0 saturated heterocycles. The van der Waals surface area contributed by atoms with Crippen LogP contribution in [0.3, 0.4) is 0 Å². The van der Waals surface area contributed by atoms with Gasteiger partial charge < -0.3 is 4.74 Å². The first-order valence-electron chi connectivity index (χ1n) is 8.86. The molecule has 1 aromatic carbocycles. The summed E-state index contributed by atoms with van der Waals surface area (Å²) < 4.78 is 43.4. The van der Waals surface area contributed by atoms with E-state index in [2.05, 4.69) is 13.8 Å². The van der Waals surface area contributed by atoms with E-state index in [0.29, 0.717) is 11.5 Å². The van der Waals surface area contributed by atoms with Gasteiger partial charge in [-0.2, -0.15) is 13.2 Å². The molecule has 0 saturated carbocycles. The van der Waals surface area contributed by atoms with E-state index in [-0.39, 0.29) is 6.10 Å². The van der Waals surface area contributed by atoms with Crippen LogP contribution in [0.4, 0.5) is 13.2 Å². The number of carbonyl (C=O) groups is 1. The Morgan fingerprint density at radius 3 is 2.36 bits per heavy atom. The van der Waals surface area contributed by atoms with Crippen LogP contribution in [0.5, 0.6) is 0 Å². The van der Waals surface area contributed by atoms with Crippen molar-refractivity contribution in [2.45, 2.75) is 65.2 Å². The standard InChI is InChI=1S/C20H27F3O2/c1-4-15(5-2)10-12-18(6-3)25-19(24)13-11-16-8-7-9-17(14-16)20(21,22)23/h7-9,11,13-15,18H,4-6,10,12H2,1-3H3/b13-11+. The molecule has 0 spiro atoms. The molecule has 0 aliphatic heterocycles. The third-order valence-corrected chi connectivity index (χ3v) is 4.42. The number of hydrogen-bond acceptors (Lipinski definition) is 2. The molecule has 0 aliphatic carbocycles. The third-order valence-electron chi connectivity index (χ3n) is 4.42. The fourth-order valence-electron chi connectivity index (χ4n) is 2.65. The Kier molecular flexibility index (Phi) is 8.73. The first kappa shape index (κ1) is 21.3. The lowest BCUT2D eigenvalue weighted by molar-refractivity contribution is -0.143. The SMILES string of the molecule is CCC(CC)CCC(CC)OC(=O)/C=C/c1cccc(C(F)(F)F)c1. The van der Waals surface area contributed by atoms with Gasteiger partial charge in [0.1, 0.15) is 6.10 Å². The van der Waals surface area contributed by atoms with Crippen LogP contribution in [0.2, 0.25) is 0 Å². The van der Waals surface area contributed by atoms with Gasteiger partial charge in [0, 0.05) is 6.08 Å². The number of rotatable bonds is 9. The molecule has 1 atom stereocenters. The molecule has 0 N–H and O–H groups in total. The number of esters is 1. The molecular formula is C20H27F3O2. The normalized spacial score (nSPS) is 13.4. The van der Waals surface area contributed by atoms with Crippen molar-refractivity contribution in [3.8, 4) is 0 Å². The third kappa shape index (κ3) is 7.76. The van der Waals surface area contributed by atoms with Crippen LogP contribution in [0, 0.1) is 5.92 Å². The van der Waals surface area contributed by atoms with Gasteiger partial charge in [0.25, 0.3) is 0 Å². The minimum Gasteiger partial charge on any atom is -0.459 e. The minimum atomic E-state index is -4.40. The Hall–Kier alpha value is -1.78. The zero-order chi connectivity index (χ0) is 18.9. The molecule has 2 nitrogen and oxygen atoms in total. The van der Waals surface area contributed by atoms with E-state index in [0.717, 1.165) is 44.2 Å². The topological polar surface area (TPSA) is 26.3 Å². The Morgan fingerprint density at radius 2 is 1.80 bits per heavy atom. The molecule has 0 bridgehead atoms. The summed E-state index contributed by atoms with van der Waals surface area (Å²) in [6.45, 7) is 6.26. The lowest BCUT2D eigenvalue weighted by atomic mass is 9.95. The molecule has 1 rings (SSSR count). The van der Waals surface area contributed by atoms with E-state index in [1.165, 1.54) is 24.3 Å². The van der Waals surface area contributed by atoms with E-state index < -0.39 is 17.7 Å². The molecule has 5 heteroatoms. The lowest BCUT2D eigenvalue weighted by Crippen LogP contribution is -2.17. The van der Waals surface area contributed by atoms with Crippen LogP contribution >= 0.6 is 0 Å². The highest BCUT2D eigenvalue weighted by molar-refractivity contribution is 5.87. The summed E-state index contributed by atoms with van der Waals surface area (Å²) in [5.74, 6) is 0.113. The lowest BCUT2D eigenvalue weighted by Gasteiger charge is -2.18. The molecule has 0 radical (unpaired) electrons. The number of alkyl halides is 3. The van der Waals surface area contributed by atoms with Crippen molar-refractivity contribution < 1.29 is 22.7 Å². The largest absolute Gasteiger partial charge is 0.459 e. The quantitative estimate of drug-likeness (QED) is 0.386. The Balaban J connectivity index is 2.61. The maximum absolute atomic E-state index is 12.7. The second kappa shape index (κ2) is 10.3. The van der Waals surface area contributed by atoms with Gasteiger partial charge >= 0.3 is 12.1 Å². The smallest absolute Gasteiger partial charge is 0.416 e. The van der Waals surface area contributed by atoms with Crippen LogP contribution in [0.1, 0.15) is 64.0 Å². The van der Waals surface area contributed by atoms with Crippen LogP contribution in [-0.2, 0) is 15.7 Å². The van der Waals surface area contributed by atoms with Gasteiger partial charge in [0.05, 0.1) is 5.56 Å².